The third-order valence-corrected chi connectivity index (χ3v) is 2.18. The Kier molecular flexibility index (Phi) is 5.73. The van der Waals surface area contributed by atoms with Gasteiger partial charge < -0.3 is 0 Å². The number of aliphatic imine (C=N–C) groups is 1. The maximum absolute atomic E-state index is 12.7. The summed E-state index contributed by atoms with van der Waals surface area (Å²) in [5.74, 6) is -2.81. The van der Waals surface area contributed by atoms with Gasteiger partial charge in [-0.3, -0.25) is 0 Å². The molecule has 0 amide bonds. The topological polar surface area (TPSA) is 12.4 Å². The Balaban J connectivity index is 4.66. The second-order valence-corrected chi connectivity index (χ2v) is 3.82. The fourth-order valence-electron chi connectivity index (χ4n) is 0.639. The summed E-state index contributed by atoms with van der Waals surface area (Å²) < 4.78 is 25.4. The van der Waals surface area contributed by atoms with Crippen LogP contribution in [0.15, 0.2) is 27.9 Å². The number of nitrogens with zero attached hydrogens (tertiary/aromatic N) is 1. The number of allylic oxidation sites excluding steroid dienone is 3. The van der Waals surface area contributed by atoms with Gasteiger partial charge in [-0.2, -0.15) is 0 Å². The maximum Gasteiger partial charge on any atom is 0.266 e. The largest absolute Gasteiger partial charge is 0.266 e. The van der Waals surface area contributed by atoms with Gasteiger partial charge in [-0.25, -0.2) is 13.8 Å². The van der Waals surface area contributed by atoms with E-state index in [1.165, 1.54) is 19.1 Å². The molecule has 4 heteroatoms. The highest BCUT2D eigenvalue weighted by Crippen LogP contribution is 2.22. The zero-order valence-corrected chi connectivity index (χ0v) is 10.2. The molecule has 0 saturated heterocycles. The summed E-state index contributed by atoms with van der Waals surface area (Å²) in [5, 5.41) is 0.220. The Morgan fingerprint density at radius 2 is 1.87 bits per heavy atom. The molecule has 0 unspecified atom stereocenters. The second kappa shape index (κ2) is 6.01. The van der Waals surface area contributed by atoms with E-state index in [9.17, 15) is 8.78 Å². The van der Waals surface area contributed by atoms with Crippen LogP contribution in [0, 0.1) is 0 Å². The minimum Gasteiger partial charge on any atom is -0.246 e. The first-order chi connectivity index (χ1) is 6.77. The molecule has 0 aliphatic carbocycles. The Morgan fingerprint density at radius 1 is 1.33 bits per heavy atom. The normalized spacial score (nSPS) is 15.8. The van der Waals surface area contributed by atoms with Crippen LogP contribution in [-0.2, 0) is 0 Å². The molecule has 15 heavy (non-hydrogen) atoms. The number of halogens is 3. The lowest BCUT2D eigenvalue weighted by Crippen LogP contribution is -2.10. The molecule has 0 radical (unpaired) electrons. The van der Waals surface area contributed by atoms with Crippen molar-refractivity contribution in [3.8, 4) is 0 Å². The summed E-state index contributed by atoms with van der Waals surface area (Å²) in [6, 6.07) is 0. The Hall–Kier alpha value is -0.700. The molecular weight excluding hydrogens is 220 g/mol. The van der Waals surface area contributed by atoms with Gasteiger partial charge in [0, 0.05) is 12.6 Å². The van der Waals surface area contributed by atoms with Crippen LogP contribution >= 0.6 is 11.6 Å². The molecule has 86 valence electrons. The van der Waals surface area contributed by atoms with Crippen molar-refractivity contribution in [2.75, 3.05) is 0 Å². The molecule has 0 aromatic carbocycles. The highest BCUT2D eigenvalue weighted by Gasteiger charge is 2.22. The van der Waals surface area contributed by atoms with E-state index < -0.39 is 5.92 Å². The third-order valence-electron chi connectivity index (χ3n) is 1.97. The molecule has 1 nitrogen and oxygen atoms in total. The van der Waals surface area contributed by atoms with Crippen LogP contribution < -0.4 is 0 Å². The van der Waals surface area contributed by atoms with Gasteiger partial charge in [0.05, 0.1) is 0 Å². The van der Waals surface area contributed by atoms with Gasteiger partial charge >= 0.3 is 0 Å². The minimum absolute atomic E-state index is 0.0370. The first kappa shape index (κ1) is 14.3. The summed E-state index contributed by atoms with van der Waals surface area (Å²) in [4.78, 5) is 4.00. The van der Waals surface area contributed by atoms with E-state index >= 15 is 0 Å². The molecule has 0 rings (SSSR count). The highest BCUT2D eigenvalue weighted by atomic mass is 35.5. The lowest BCUT2D eigenvalue weighted by molar-refractivity contribution is 0.0635. The zero-order valence-electron chi connectivity index (χ0n) is 9.44. The lowest BCUT2D eigenvalue weighted by Gasteiger charge is -2.08. The van der Waals surface area contributed by atoms with Gasteiger partial charge in [0.2, 0.25) is 0 Å². The fraction of sp³-hybridized carbons (Fsp3) is 0.545. The Morgan fingerprint density at radius 3 is 2.27 bits per heavy atom. The summed E-state index contributed by atoms with van der Waals surface area (Å²) in [6.07, 6.45) is 3.46. The van der Waals surface area contributed by atoms with Gasteiger partial charge in [0.1, 0.15) is 5.16 Å². The predicted octanol–water partition coefficient (Wildman–Crippen LogP) is 4.54. The van der Waals surface area contributed by atoms with E-state index in [0.29, 0.717) is 0 Å². The van der Waals surface area contributed by atoms with E-state index in [1.807, 2.05) is 13.8 Å². The second-order valence-electron chi connectivity index (χ2n) is 3.43. The van der Waals surface area contributed by atoms with Crippen LogP contribution in [0.1, 0.15) is 34.1 Å². The van der Waals surface area contributed by atoms with Crippen molar-refractivity contribution in [2.24, 2.45) is 4.99 Å². The minimum atomic E-state index is -2.81. The molecule has 0 aliphatic heterocycles. The van der Waals surface area contributed by atoms with Crippen molar-refractivity contribution < 1.29 is 8.78 Å². The maximum atomic E-state index is 12.7. The van der Waals surface area contributed by atoms with Crippen LogP contribution in [0.25, 0.3) is 0 Å². The summed E-state index contributed by atoms with van der Waals surface area (Å²) >= 11 is 5.73. The van der Waals surface area contributed by atoms with E-state index in [1.54, 1.807) is 0 Å². The van der Waals surface area contributed by atoms with E-state index in [-0.39, 0.29) is 10.7 Å². The lowest BCUT2D eigenvalue weighted by atomic mass is 10.2. The predicted molar refractivity (Wildman–Crippen MR) is 61.7 cm³/mol. The van der Waals surface area contributed by atoms with E-state index in [2.05, 4.69) is 4.99 Å². The van der Waals surface area contributed by atoms with Gasteiger partial charge in [-0.1, -0.05) is 24.6 Å². The van der Waals surface area contributed by atoms with E-state index in [4.69, 9.17) is 11.6 Å². The van der Waals surface area contributed by atoms with Crippen LogP contribution in [0.4, 0.5) is 8.78 Å². The number of hydrogen-bond donors (Lipinski definition) is 0. The molecule has 0 bridgehead atoms. The van der Waals surface area contributed by atoms with Crippen molar-refractivity contribution in [2.45, 2.75) is 40.0 Å². The monoisotopic (exact) mass is 235 g/mol. The SMILES string of the molecule is CC\C(C)=N/C(Cl)=C\C=C(/C)C(C)(F)F. The molecule has 0 heterocycles. The Labute approximate surface area is 94.5 Å². The van der Waals surface area contributed by atoms with Crippen molar-refractivity contribution in [1.29, 1.82) is 0 Å². The van der Waals surface area contributed by atoms with Crippen LogP contribution in [-0.4, -0.2) is 11.6 Å². The fourth-order valence-corrected chi connectivity index (χ4v) is 0.846. The number of rotatable bonds is 4. The third kappa shape index (κ3) is 6.39. The standard InChI is InChI=1S/C11H16ClF2N/c1-5-9(3)15-10(12)7-6-8(2)11(4,13)14/h6-7H,5H2,1-4H3/b8-6+,10-7-,15-9-. The zero-order chi connectivity index (χ0) is 12.1. The molecule has 0 atom stereocenters. The molecule has 0 spiro atoms. The first-order valence-corrected chi connectivity index (χ1v) is 5.11. The van der Waals surface area contributed by atoms with Gasteiger partial charge in [0.25, 0.3) is 5.92 Å². The van der Waals surface area contributed by atoms with Gasteiger partial charge in [0.15, 0.2) is 0 Å². The van der Waals surface area contributed by atoms with Crippen LogP contribution in [0.2, 0.25) is 0 Å². The molecule has 0 fully saturated rings. The summed E-state index contributed by atoms with van der Waals surface area (Å²) in [7, 11) is 0. The molecule has 0 aromatic heterocycles. The molecular formula is C11H16ClF2N. The van der Waals surface area contributed by atoms with Crippen molar-refractivity contribution >= 4 is 17.3 Å². The summed E-state index contributed by atoms with van der Waals surface area (Å²) in [5.41, 5.74) is 0.829. The summed E-state index contributed by atoms with van der Waals surface area (Å²) in [6.45, 7) is 5.99. The smallest absolute Gasteiger partial charge is 0.246 e. The van der Waals surface area contributed by atoms with Crippen molar-refractivity contribution in [3.63, 3.8) is 0 Å². The Bertz CT molecular complexity index is 298. The van der Waals surface area contributed by atoms with Crippen molar-refractivity contribution in [3.05, 3.63) is 22.9 Å². The number of hydrogen-bond acceptors (Lipinski definition) is 1. The molecule has 0 N–H and O–H groups in total. The highest BCUT2D eigenvalue weighted by molar-refractivity contribution is 6.30. The van der Waals surface area contributed by atoms with E-state index in [0.717, 1.165) is 19.1 Å². The molecule has 0 aromatic rings. The van der Waals surface area contributed by atoms with Gasteiger partial charge in [-0.05, 0) is 31.9 Å². The average molecular weight is 236 g/mol. The van der Waals surface area contributed by atoms with Gasteiger partial charge in [-0.15, -0.1) is 0 Å². The molecule has 0 saturated carbocycles. The number of alkyl halides is 2. The first-order valence-electron chi connectivity index (χ1n) is 4.74. The quantitative estimate of drug-likeness (QED) is 0.385. The average Bonchev–Trinajstić information content (AvgIpc) is 2.12. The molecule has 0 aliphatic rings. The van der Waals surface area contributed by atoms with Crippen molar-refractivity contribution in [1.82, 2.24) is 0 Å². The van der Waals surface area contributed by atoms with Crippen LogP contribution in [0.5, 0.6) is 0 Å². The van der Waals surface area contributed by atoms with Crippen LogP contribution in [0.3, 0.4) is 0 Å².